The lowest BCUT2D eigenvalue weighted by atomic mass is 10.0. The quantitative estimate of drug-likeness (QED) is 0.0211. The van der Waals surface area contributed by atoms with Gasteiger partial charge in [-0.1, -0.05) is 272 Å². The fourth-order valence-electron chi connectivity index (χ4n) is 8.64. The molecule has 0 amide bonds. The van der Waals surface area contributed by atoms with Gasteiger partial charge >= 0.3 is 19.8 Å². The third kappa shape index (κ3) is 60.4. The van der Waals surface area contributed by atoms with Crippen LogP contribution in [0, 0.1) is 0 Å². The molecule has 0 aliphatic carbocycles. The van der Waals surface area contributed by atoms with Gasteiger partial charge in [0.1, 0.15) is 19.8 Å². The van der Waals surface area contributed by atoms with E-state index >= 15 is 0 Å². The average molecular weight is 1090 g/mol. The molecule has 2 atom stereocenters. The molecule has 0 bridgehead atoms. The molecule has 440 valence electrons. The molecule has 0 saturated carbocycles. The molecule has 10 heteroatoms. The maximum atomic E-state index is 12.8. The fourth-order valence-corrected chi connectivity index (χ4v) is 9.39. The Labute approximate surface area is 469 Å². The van der Waals surface area contributed by atoms with Gasteiger partial charge in [-0.15, -0.1) is 0 Å². The highest BCUT2D eigenvalue weighted by Crippen LogP contribution is 2.43. The third-order valence-corrected chi connectivity index (χ3v) is 14.4. The average Bonchev–Trinajstić information content (AvgIpc) is 3.38. The summed E-state index contributed by atoms with van der Waals surface area (Å²) < 4.78 is 34.6. The second-order valence-electron chi connectivity index (χ2n) is 22.1. The summed E-state index contributed by atoms with van der Waals surface area (Å²) in [5, 5.41) is 0. The first kappa shape index (κ1) is 73.2. The minimum atomic E-state index is -4.39. The molecule has 0 aliphatic heterocycles. The number of unbranched alkanes of at least 4 members (excludes halogenated alkanes) is 29. The molecule has 76 heavy (non-hydrogen) atoms. The van der Waals surface area contributed by atoms with Crippen LogP contribution in [0.3, 0.4) is 0 Å². The molecule has 1 N–H and O–H groups in total. The van der Waals surface area contributed by atoms with Crippen LogP contribution in [0.1, 0.15) is 271 Å². The number of phosphoric ester groups is 1. The smallest absolute Gasteiger partial charge is 0.462 e. The van der Waals surface area contributed by atoms with Crippen LogP contribution in [-0.4, -0.2) is 74.9 Å². The number of esters is 2. The Kier molecular flexibility index (Phi) is 54.8. The molecular formula is C66H119NO8P+. The predicted molar refractivity (Wildman–Crippen MR) is 325 cm³/mol. The van der Waals surface area contributed by atoms with Crippen molar-refractivity contribution in [3.63, 3.8) is 0 Å². The second-order valence-corrected chi connectivity index (χ2v) is 23.5. The molecule has 0 aromatic carbocycles. The van der Waals surface area contributed by atoms with Gasteiger partial charge in [-0.25, -0.2) is 4.57 Å². The van der Waals surface area contributed by atoms with Gasteiger partial charge in [0, 0.05) is 12.8 Å². The topological polar surface area (TPSA) is 108 Å². The zero-order valence-electron chi connectivity index (χ0n) is 50.0. The fraction of sp³-hybridized carbons (Fsp3) is 0.758. The lowest BCUT2D eigenvalue weighted by Gasteiger charge is -2.24. The number of rotatable bonds is 57. The normalized spacial score (nSPS) is 13.8. The van der Waals surface area contributed by atoms with Crippen molar-refractivity contribution in [1.82, 2.24) is 0 Å². The number of allylic oxidation sites excluding steroid dienone is 14. The summed E-state index contributed by atoms with van der Waals surface area (Å²) in [6, 6.07) is 0. The molecule has 0 aromatic heterocycles. The Hall–Kier alpha value is -2.81. The first-order chi connectivity index (χ1) is 37.0. The van der Waals surface area contributed by atoms with Gasteiger partial charge in [-0.3, -0.25) is 18.6 Å². The minimum absolute atomic E-state index is 0.0284. The Bertz CT molecular complexity index is 1560. The number of likely N-dealkylation sites (N-methyl/N-ethyl adjacent to an activating group) is 1. The maximum absolute atomic E-state index is 12.8. The van der Waals surface area contributed by atoms with E-state index < -0.39 is 26.5 Å². The zero-order chi connectivity index (χ0) is 55.6. The van der Waals surface area contributed by atoms with Gasteiger partial charge in [0.2, 0.25) is 0 Å². The first-order valence-corrected chi connectivity index (χ1v) is 32.8. The number of hydrogen-bond acceptors (Lipinski definition) is 7. The van der Waals surface area contributed by atoms with E-state index in [4.69, 9.17) is 18.5 Å². The van der Waals surface area contributed by atoms with Gasteiger partial charge in [0.15, 0.2) is 6.10 Å². The maximum Gasteiger partial charge on any atom is 0.472 e. The highest BCUT2D eigenvalue weighted by atomic mass is 31.2. The number of carbonyl (C=O) groups excluding carboxylic acids is 2. The SMILES string of the molecule is CC/C=C\C/C=C\C/C=C\C/C=C\C/C=C\C/C=C\C/C=C\CCCCCCCCCCCC(=O)OC(COC(=O)CCCCCCCCCCCCCCCCCCCCCCC)COP(=O)(O)OCC[N+](C)(C)C. The van der Waals surface area contributed by atoms with Crippen molar-refractivity contribution in [2.75, 3.05) is 47.5 Å². The Morgan fingerprint density at radius 3 is 1.12 bits per heavy atom. The van der Waals surface area contributed by atoms with Gasteiger partial charge < -0.3 is 18.9 Å². The largest absolute Gasteiger partial charge is 0.472 e. The molecule has 0 saturated heterocycles. The monoisotopic (exact) mass is 1080 g/mol. The lowest BCUT2D eigenvalue weighted by molar-refractivity contribution is -0.870. The van der Waals surface area contributed by atoms with Gasteiger partial charge in [-0.2, -0.15) is 0 Å². The molecule has 0 spiro atoms. The zero-order valence-corrected chi connectivity index (χ0v) is 50.9. The number of hydrogen-bond donors (Lipinski definition) is 1. The van der Waals surface area contributed by atoms with E-state index in [1.165, 1.54) is 148 Å². The summed E-state index contributed by atoms with van der Waals surface area (Å²) in [5.41, 5.74) is 0. The molecule has 0 aliphatic rings. The molecule has 2 unspecified atom stereocenters. The minimum Gasteiger partial charge on any atom is -0.462 e. The Morgan fingerprint density at radius 1 is 0.421 bits per heavy atom. The third-order valence-electron chi connectivity index (χ3n) is 13.4. The van der Waals surface area contributed by atoms with E-state index in [2.05, 4.69) is 98.9 Å². The summed E-state index contributed by atoms with van der Waals surface area (Å²) in [6.45, 7) is 4.34. The van der Waals surface area contributed by atoms with E-state index in [1.807, 2.05) is 21.1 Å². The molecule has 0 radical (unpaired) electrons. The highest BCUT2D eigenvalue weighted by Gasteiger charge is 2.27. The first-order valence-electron chi connectivity index (χ1n) is 31.3. The van der Waals surface area contributed by atoms with Crippen molar-refractivity contribution >= 4 is 19.8 Å². The van der Waals surface area contributed by atoms with Crippen LogP contribution in [-0.2, 0) is 32.7 Å². The van der Waals surface area contributed by atoms with Crippen molar-refractivity contribution in [3.05, 3.63) is 85.1 Å². The predicted octanol–water partition coefficient (Wildman–Crippen LogP) is 19.8. The van der Waals surface area contributed by atoms with Crippen molar-refractivity contribution in [2.24, 2.45) is 0 Å². The number of quaternary nitrogens is 1. The summed E-state index contributed by atoms with van der Waals surface area (Å²) in [7, 11) is 1.47. The van der Waals surface area contributed by atoms with Crippen LogP contribution in [0.15, 0.2) is 85.1 Å². The number of nitrogens with zero attached hydrogens (tertiary/aromatic N) is 1. The number of carbonyl (C=O) groups is 2. The lowest BCUT2D eigenvalue weighted by Crippen LogP contribution is -2.37. The van der Waals surface area contributed by atoms with Crippen LogP contribution in [0.4, 0.5) is 0 Å². The molecule has 0 fully saturated rings. The van der Waals surface area contributed by atoms with E-state index in [1.54, 1.807) is 0 Å². The van der Waals surface area contributed by atoms with Crippen LogP contribution in [0.2, 0.25) is 0 Å². The molecule has 9 nitrogen and oxygen atoms in total. The van der Waals surface area contributed by atoms with E-state index in [0.29, 0.717) is 17.4 Å². The number of phosphoric acid groups is 1. The van der Waals surface area contributed by atoms with Crippen LogP contribution >= 0.6 is 7.82 Å². The summed E-state index contributed by atoms with van der Waals surface area (Å²) in [6.07, 6.45) is 76.6. The highest BCUT2D eigenvalue weighted by molar-refractivity contribution is 7.47. The molecule has 0 aromatic rings. The Balaban J connectivity index is 4.14. The Morgan fingerprint density at radius 2 is 0.750 bits per heavy atom. The molecular weight excluding hydrogens is 966 g/mol. The van der Waals surface area contributed by atoms with Crippen LogP contribution < -0.4 is 0 Å². The van der Waals surface area contributed by atoms with Crippen molar-refractivity contribution in [2.45, 2.75) is 277 Å². The number of ether oxygens (including phenoxy) is 2. The van der Waals surface area contributed by atoms with Crippen LogP contribution in [0.25, 0.3) is 0 Å². The van der Waals surface area contributed by atoms with Gasteiger partial charge in [0.25, 0.3) is 0 Å². The standard InChI is InChI=1S/C66H118NO8P/c1-6-8-10-12-14-16-18-20-22-24-26-28-29-30-31-32-33-34-35-36-37-39-41-43-45-47-49-51-53-55-57-59-66(69)75-64(63-74-76(70,71)73-61-60-67(3,4)5)62-72-65(68)58-56-54-52-50-48-46-44-42-40-38-27-25-23-21-19-17-15-13-11-9-7-2/h8,10,14,16,20,22,26,28,30-31,33-34,36-37,64H,6-7,9,11-13,15,17-19,21,23-25,27,29,32,35,38-63H2,1-5H3/p+1/b10-8-,16-14-,22-20-,28-26-,31-30-,34-33-,37-36-. The van der Waals surface area contributed by atoms with Gasteiger partial charge in [-0.05, 0) is 70.6 Å². The van der Waals surface area contributed by atoms with E-state index in [0.717, 1.165) is 89.9 Å². The van der Waals surface area contributed by atoms with Crippen molar-refractivity contribution < 1.29 is 42.1 Å². The van der Waals surface area contributed by atoms with Crippen molar-refractivity contribution in [1.29, 1.82) is 0 Å². The molecule has 0 heterocycles. The van der Waals surface area contributed by atoms with Crippen molar-refractivity contribution in [3.8, 4) is 0 Å². The second kappa shape index (κ2) is 56.9. The van der Waals surface area contributed by atoms with E-state index in [-0.39, 0.29) is 32.0 Å². The molecule has 0 rings (SSSR count). The van der Waals surface area contributed by atoms with Gasteiger partial charge in [0.05, 0.1) is 27.7 Å². The summed E-state index contributed by atoms with van der Waals surface area (Å²) in [4.78, 5) is 35.8. The van der Waals surface area contributed by atoms with Crippen LogP contribution in [0.5, 0.6) is 0 Å². The summed E-state index contributed by atoms with van der Waals surface area (Å²) in [5.74, 6) is -0.797. The summed E-state index contributed by atoms with van der Waals surface area (Å²) >= 11 is 0. The van der Waals surface area contributed by atoms with E-state index in [9.17, 15) is 19.0 Å².